The monoisotopic (exact) mass is 370 g/mol. The lowest BCUT2D eigenvalue weighted by Gasteiger charge is -2.35. The van der Waals surface area contributed by atoms with Crippen LogP contribution in [-0.2, 0) is 4.79 Å². The summed E-state index contributed by atoms with van der Waals surface area (Å²) >= 11 is 1.49. The van der Waals surface area contributed by atoms with Crippen LogP contribution in [0.1, 0.15) is 30.3 Å². The van der Waals surface area contributed by atoms with Gasteiger partial charge in [0.05, 0.1) is 10.2 Å². The number of carbonyl (C=O) groups excluding carboxylic acids is 1. The van der Waals surface area contributed by atoms with E-state index < -0.39 is 12.0 Å². The Bertz CT molecular complexity index is 944. The number of carboxylic acids is 1. The van der Waals surface area contributed by atoms with Gasteiger partial charge in [0, 0.05) is 6.54 Å². The van der Waals surface area contributed by atoms with Crippen LogP contribution in [0.3, 0.4) is 0 Å². The fourth-order valence-corrected chi connectivity index (χ4v) is 4.23. The minimum absolute atomic E-state index is 0.153. The van der Waals surface area contributed by atoms with Crippen LogP contribution in [-0.4, -0.2) is 39.5 Å². The van der Waals surface area contributed by atoms with Gasteiger partial charge in [0.1, 0.15) is 6.04 Å². The number of aliphatic carboxylic acids is 1. The smallest absolute Gasteiger partial charge is 0.326 e. The summed E-state index contributed by atoms with van der Waals surface area (Å²) in [6, 6.07) is 10.3. The number of furan rings is 1. The van der Waals surface area contributed by atoms with Crippen LogP contribution in [0.25, 0.3) is 21.0 Å². The third-order valence-corrected chi connectivity index (χ3v) is 5.78. The molecule has 1 aliphatic rings. The maximum absolute atomic E-state index is 12.8. The predicted octanol–water partition coefficient (Wildman–Crippen LogP) is 3.88. The molecule has 2 aromatic heterocycles. The first-order valence-corrected chi connectivity index (χ1v) is 9.34. The predicted molar refractivity (Wildman–Crippen MR) is 98.2 cm³/mol. The molecule has 6 nitrogen and oxygen atoms in total. The van der Waals surface area contributed by atoms with Crippen molar-refractivity contribution < 1.29 is 19.1 Å². The van der Waals surface area contributed by atoms with Crippen molar-refractivity contribution in [1.29, 1.82) is 0 Å². The van der Waals surface area contributed by atoms with Gasteiger partial charge in [-0.25, -0.2) is 9.78 Å². The Labute approximate surface area is 154 Å². The second kappa shape index (κ2) is 6.57. The van der Waals surface area contributed by atoms with E-state index in [1.165, 1.54) is 16.2 Å². The Balaban J connectivity index is 1.60. The van der Waals surface area contributed by atoms with E-state index in [-0.39, 0.29) is 17.6 Å². The number of hydrogen-bond acceptors (Lipinski definition) is 5. The Hall–Kier alpha value is -2.67. The zero-order valence-corrected chi connectivity index (χ0v) is 15.0. The van der Waals surface area contributed by atoms with Gasteiger partial charge in [0.15, 0.2) is 16.5 Å². The van der Waals surface area contributed by atoms with Crippen molar-refractivity contribution in [3.8, 4) is 10.8 Å². The molecule has 1 amide bonds. The Kier molecular flexibility index (Phi) is 4.24. The number of rotatable bonds is 3. The number of para-hydroxylation sites is 1. The van der Waals surface area contributed by atoms with E-state index in [4.69, 9.17) is 4.42 Å². The summed E-state index contributed by atoms with van der Waals surface area (Å²) in [4.78, 5) is 30.3. The molecule has 1 fully saturated rings. The summed E-state index contributed by atoms with van der Waals surface area (Å²) in [5, 5.41) is 10.2. The number of nitrogens with zero attached hydrogens (tertiary/aromatic N) is 2. The van der Waals surface area contributed by atoms with E-state index in [2.05, 4.69) is 4.98 Å². The van der Waals surface area contributed by atoms with Crippen LogP contribution in [0.4, 0.5) is 0 Å². The van der Waals surface area contributed by atoms with Gasteiger partial charge in [0.25, 0.3) is 5.91 Å². The molecule has 0 bridgehead atoms. The van der Waals surface area contributed by atoms with Crippen molar-refractivity contribution in [3.63, 3.8) is 0 Å². The fraction of sp³-hybridized carbons (Fsp3) is 0.316. The van der Waals surface area contributed by atoms with Crippen LogP contribution < -0.4 is 0 Å². The van der Waals surface area contributed by atoms with E-state index in [0.29, 0.717) is 23.7 Å². The highest BCUT2D eigenvalue weighted by Gasteiger charge is 2.36. The SMILES string of the molecule is CC1CCN(C(=O)c2ccc(-c3nc4ccccc4s3)o2)C(C(=O)O)C1. The molecule has 134 valence electrons. The molecule has 2 atom stereocenters. The summed E-state index contributed by atoms with van der Waals surface area (Å²) in [5.41, 5.74) is 0.882. The van der Waals surface area contributed by atoms with Gasteiger partial charge in [-0.3, -0.25) is 4.79 Å². The largest absolute Gasteiger partial charge is 0.480 e. The van der Waals surface area contributed by atoms with E-state index in [1.807, 2.05) is 31.2 Å². The third kappa shape index (κ3) is 2.99. The number of hydrogen-bond donors (Lipinski definition) is 1. The molecule has 0 spiro atoms. The van der Waals surface area contributed by atoms with Crippen molar-refractivity contribution >= 4 is 33.4 Å². The maximum Gasteiger partial charge on any atom is 0.326 e. The quantitative estimate of drug-likeness (QED) is 0.756. The molecule has 3 heterocycles. The van der Waals surface area contributed by atoms with E-state index in [0.717, 1.165) is 16.6 Å². The van der Waals surface area contributed by atoms with Gasteiger partial charge >= 0.3 is 5.97 Å². The molecule has 1 aromatic carbocycles. The molecule has 4 rings (SSSR count). The molecule has 3 aromatic rings. The molecule has 1 N–H and O–H groups in total. The van der Waals surface area contributed by atoms with E-state index in [9.17, 15) is 14.7 Å². The second-order valence-corrected chi connectivity index (χ2v) is 7.66. The van der Waals surface area contributed by atoms with Gasteiger partial charge in [-0.2, -0.15) is 0 Å². The number of fused-ring (bicyclic) bond motifs is 1. The highest BCUT2D eigenvalue weighted by atomic mass is 32.1. The lowest BCUT2D eigenvalue weighted by atomic mass is 9.92. The van der Waals surface area contributed by atoms with Gasteiger partial charge in [-0.1, -0.05) is 19.1 Å². The van der Waals surface area contributed by atoms with Crippen molar-refractivity contribution in [1.82, 2.24) is 9.88 Å². The lowest BCUT2D eigenvalue weighted by Crippen LogP contribution is -2.49. The molecular formula is C19H18N2O4S. The molecular weight excluding hydrogens is 352 g/mol. The molecule has 26 heavy (non-hydrogen) atoms. The highest BCUT2D eigenvalue weighted by molar-refractivity contribution is 7.21. The van der Waals surface area contributed by atoms with Crippen molar-refractivity contribution in [2.75, 3.05) is 6.54 Å². The Morgan fingerprint density at radius 1 is 1.27 bits per heavy atom. The molecule has 2 unspecified atom stereocenters. The number of carbonyl (C=O) groups is 2. The standard InChI is InChI=1S/C19H18N2O4S/c1-11-8-9-21(13(10-11)19(23)24)18(22)15-7-6-14(25-15)17-20-12-4-2-3-5-16(12)26-17/h2-7,11,13H,8-10H2,1H3,(H,23,24). The number of carboxylic acid groups (broad SMARTS) is 1. The van der Waals surface area contributed by atoms with Crippen LogP contribution >= 0.6 is 11.3 Å². The van der Waals surface area contributed by atoms with Crippen LogP contribution in [0, 0.1) is 5.92 Å². The van der Waals surface area contributed by atoms with E-state index >= 15 is 0 Å². The first kappa shape index (κ1) is 16.8. The maximum atomic E-state index is 12.8. The molecule has 1 saturated heterocycles. The van der Waals surface area contributed by atoms with Gasteiger partial charge in [0.2, 0.25) is 0 Å². The first-order valence-electron chi connectivity index (χ1n) is 8.52. The number of amides is 1. The van der Waals surface area contributed by atoms with Crippen molar-refractivity contribution in [3.05, 3.63) is 42.2 Å². The van der Waals surface area contributed by atoms with Gasteiger partial charge < -0.3 is 14.4 Å². The van der Waals surface area contributed by atoms with Gasteiger partial charge in [-0.15, -0.1) is 11.3 Å². The molecule has 0 saturated carbocycles. The van der Waals surface area contributed by atoms with E-state index in [1.54, 1.807) is 12.1 Å². The molecule has 7 heteroatoms. The summed E-state index contributed by atoms with van der Waals surface area (Å²) < 4.78 is 6.78. The topological polar surface area (TPSA) is 83.6 Å². The van der Waals surface area contributed by atoms with Crippen LogP contribution in [0.15, 0.2) is 40.8 Å². The zero-order valence-electron chi connectivity index (χ0n) is 14.2. The summed E-state index contributed by atoms with van der Waals surface area (Å²) in [5.74, 6) is -0.388. The normalized spacial score (nSPS) is 20.4. The minimum Gasteiger partial charge on any atom is -0.480 e. The minimum atomic E-state index is -0.970. The summed E-state index contributed by atoms with van der Waals surface area (Å²) in [6.07, 6.45) is 1.26. The highest BCUT2D eigenvalue weighted by Crippen LogP contribution is 2.32. The van der Waals surface area contributed by atoms with Gasteiger partial charge in [-0.05, 0) is 43.0 Å². The fourth-order valence-electron chi connectivity index (χ4n) is 3.31. The number of aromatic nitrogens is 1. The molecule has 0 radical (unpaired) electrons. The Morgan fingerprint density at radius 3 is 2.85 bits per heavy atom. The number of likely N-dealkylation sites (tertiary alicyclic amines) is 1. The lowest BCUT2D eigenvalue weighted by molar-refractivity contribution is -0.144. The summed E-state index contributed by atoms with van der Waals surface area (Å²) in [7, 11) is 0. The number of benzene rings is 1. The molecule has 0 aliphatic carbocycles. The van der Waals surface area contributed by atoms with Crippen LogP contribution in [0.2, 0.25) is 0 Å². The second-order valence-electron chi connectivity index (χ2n) is 6.63. The first-order chi connectivity index (χ1) is 12.5. The third-order valence-electron chi connectivity index (χ3n) is 4.73. The summed E-state index contributed by atoms with van der Waals surface area (Å²) in [6.45, 7) is 2.43. The Morgan fingerprint density at radius 2 is 2.08 bits per heavy atom. The van der Waals surface area contributed by atoms with Crippen LogP contribution in [0.5, 0.6) is 0 Å². The average Bonchev–Trinajstić information content (AvgIpc) is 3.27. The number of piperidine rings is 1. The number of thiazole rings is 1. The van der Waals surface area contributed by atoms with Crippen molar-refractivity contribution in [2.45, 2.75) is 25.8 Å². The average molecular weight is 370 g/mol. The molecule has 1 aliphatic heterocycles. The zero-order chi connectivity index (χ0) is 18.3. The van der Waals surface area contributed by atoms with Crippen molar-refractivity contribution in [2.24, 2.45) is 5.92 Å².